The lowest BCUT2D eigenvalue weighted by Gasteiger charge is -2.07. The summed E-state index contributed by atoms with van der Waals surface area (Å²) in [4.78, 5) is 12.1. The van der Waals surface area contributed by atoms with Crippen LogP contribution in [0.2, 0.25) is 0 Å². The third kappa shape index (κ3) is 2.28. The number of hydrogen-bond acceptors (Lipinski definition) is 7. The van der Waals surface area contributed by atoms with Crippen LogP contribution in [0.3, 0.4) is 0 Å². The summed E-state index contributed by atoms with van der Waals surface area (Å²) in [6, 6.07) is 7.32. The van der Waals surface area contributed by atoms with Crippen LogP contribution in [0.15, 0.2) is 39.5 Å². The molecular formula is C16H9NO6. The van der Waals surface area contributed by atoms with Crippen molar-refractivity contribution >= 4 is 11.0 Å². The monoisotopic (exact) mass is 311 g/mol. The van der Waals surface area contributed by atoms with E-state index < -0.39 is 22.7 Å². The van der Waals surface area contributed by atoms with E-state index in [1.165, 1.54) is 6.07 Å². The SMILES string of the molecule is N#Cc1cc(-c2cc(=O)c3c(O)cc(O)cc3o2)cc(O)c1O. The summed E-state index contributed by atoms with van der Waals surface area (Å²) in [6.45, 7) is 0. The molecule has 0 fully saturated rings. The van der Waals surface area contributed by atoms with Crippen LogP contribution in [-0.4, -0.2) is 20.4 Å². The lowest BCUT2D eigenvalue weighted by molar-refractivity contribution is 0.402. The average Bonchev–Trinajstić information content (AvgIpc) is 2.48. The van der Waals surface area contributed by atoms with Crippen LogP contribution >= 0.6 is 0 Å². The second kappa shape index (κ2) is 4.96. The zero-order valence-electron chi connectivity index (χ0n) is 11.4. The van der Waals surface area contributed by atoms with Gasteiger partial charge in [0.2, 0.25) is 0 Å². The molecule has 7 nitrogen and oxygen atoms in total. The van der Waals surface area contributed by atoms with Crippen molar-refractivity contribution in [3.8, 4) is 40.4 Å². The quantitative estimate of drug-likeness (QED) is 0.506. The molecule has 1 heterocycles. The van der Waals surface area contributed by atoms with E-state index in [0.29, 0.717) is 0 Å². The first-order valence-electron chi connectivity index (χ1n) is 6.37. The van der Waals surface area contributed by atoms with E-state index in [4.69, 9.17) is 9.68 Å². The molecule has 114 valence electrons. The predicted octanol–water partition coefficient (Wildman–Crippen LogP) is 2.15. The molecule has 0 unspecified atom stereocenters. The maximum atomic E-state index is 12.1. The van der Waals surface area contributed by atoms with Gasteiger partial charge in [-0.05, 0) is 12.1 Å². The number of aromatic hydroxyl groups is 4. The van der Waals surface area contributed by atoms with Gasteiger partial charge in [0.05, 0.1) is 5.56 Å². The molecule has 0 aliphatic heterocycles. The second-order valence-electron chi connectivity index (χ2n) is 4.82. The number of phenols is 4. The van der Waals surface area contributed by atoms with Gasteiger partial charge in [-0.3, -0.25) is 4.79 Å². The minimum absolute atomic E-state index is 0.000648. The van der Waals surface area contributed by atoms with E-state index in [0.717, 1.165) is 24.3 Å². The smallest absolute Gasteiger partial charge is 0.197 e. The summed E-state index contributed by atoms with van der Waals surface area (Å²) in [5.74, 6) is -1.83. The normalized spacial score (nSPS) is 10.6. The van der Waals surface area contributed by atoms with Crippen LogP contribution in [-0.2, 0) is 0 Å². The Kier molecular flexibility index (Phi) is 3.08. The van der Waals surface area contributed by atoms with E-state index in [-0.39, 0.29) is 33.6 Å². The van der Waals surface area contributed by atoms with Gasteiger partial charge >= 0.3 is 0 Å². The Morgan fingerprint density at radius 1 is 0.957 bits per heavy atom. The van der Waals surface area contributed by atoms with E-state index in [1.807, 2.05) is 0 Å². The largest absolute Gasteiger partial charge is 0.508 e. The predicted molar refractivity (Wildman–Crippen MR) is 79.3 cm³/mol. The molecular weight excluding hydrogens is 302 g/mol. The highest BCUT2D eigenvalue weighted by Gasteiger charge is 2.15. The molecule has 0 spiro atoms. The van der Waals surface area contributed by atoms with E-state index >= 15 is 0 Å². The van der Waals surface area contributed by atoms with Crippen molar-refractivity contribution in [3.05, 3.63) is 46.1 Å². The summed E-state index contributed by atoms with van der Waals surface area (Å²) >= 11 is 0. The fourth-order valence-electron chi connectivity index (χ4n) is 2.24. The lowest BCUT2D eigenvalue weighted by atomic mass is 10.1. The molecule has 7 heteroatoms. The highest BCUT2D eigenvalue weighted by molar-refractivity contribution is 5.86. The topological polar surface area (TPSA) is 135 Å². The van der Waals surface area contributed by atoms with Gasteiger partial charge in [-0.1, -0.05) is 0 Å². The van der Waals surface area contributed by atoms with Crippen molar-refractivity contribution in [3.63, 3.8) is 0 Å². The van der Waals surface area contributed by atoms with Gasteiger partial charge in [-0.15, -0.1) is 0 Å². The number of rotatable bonds is 1. The Hall–Kier alpha value is -3.66. The molecule has 0 bridgehead atoms. The van der Waals surface area contributed by atoms with Crippen LogP contribution < -0.4 is 5.43 Å². The Morgan fingerprint density at radius 2 is 1.70 bits per heavy atom. The molecule has 0 radical (unpaired) electrons. The van der Waals surface area contributed by atoms with Crippen molar-refractivity contribution in [2.45, 2.75) is 0 Å². The molecule has 0 aliphatic carbocycles. The molecule has 3 rings (SSSR count). The fourth-order valence-corrected chi connectivity index (χ4v) is 2.24. The number of phenolic OH excluding ortho intramolecular Hbond substituents is 4. The number of hydrogen-bond donors (Lipinski definition) is 4. The standard InChI is InChI=1S/C16H9NO6/c17-6-8-1-7(2-12(21)16(8)22)13-5-11(20)15-10(19)3-9(18)4-14(15)23-13/h1-5,18-19,21-22H. The molecule has 2 aromatic carbocycles. The van der Waals surface area contributed by atoms with Gasteiger partial charge in [0.1, 0.15) is 34.3 Å². The van der Waals surface area contributed by atoms with Crippen molar-refractivity contribution in [2.24, 2.45) is 0 Å². The molecule has 0 amide bonds. The van der Waals surface area contributed by atoms with Gasteiger partial charge in [-0.2, -0.15) is 5.26 Å². The first kappa shape index (κ1) is 14.3. The third-order valence-corrected chi connectivity index (χ3v) is 3.29. The van der Waals surface area contributed by atoms with E-state index in [9.17, 15) is 25.2 Å². The van der Waals surface area contributed by atoms with Gasteiger partial charge in [0.25, 0.3) is 0 Å². The molecule has 4 N–H and O–H groups in total. The van der Waals surface area contributed by atoms with Gasteiger partial charge in [-0.25, -0.2) is 0 Å². The highest BCUT2D eigenvalue weighted by atomic mass is 16.3. The molecule has 0 atom stereocenters. The van der Waals surface area contributed by atoms with Crippen molar-refractivity contribution in [2.75, 3.05) is 0 Å². The Labute approximate surface area is 128 Å². The van der Waals surface area contributed by atoms with E-state index in [1.54, 1.807) is 6.07 Å². The Bertz CT molecular complexity index is 1050. The summed E-state index contributed by atoms with van der Waals surface area (Å²) in [6.07, 6.45) is 0. The Morgan fingerprint density at radius 3 is 2.39 bits per heavy atom. The van der Waals surface area contributed by atoms with Gasteiger partial charge in [0.15, 0.2) is 16.9 Å². The molecule has 3 aromatic rings. The first-order chi connectivity index (χ1) is 10.9. The third-order valence-electron chi connectivity index (χ3n) is 3.29. The molecule has 1 aromatic heterocycles. The molecule has 0 saturated carbocycles. The molecule has 0 aliphatic rings. The minimum atomic E-state index is -0.574. The number of fused-ring (bicyclic) bond motifs is 1. The molecule has 23 heavy (non-hydrogen) atoms. The zero-order valence-corrected chi connectivity index (χ0v) is 11.4. The highest BCUT2D eigenvalue weighted by Crippen LogP contribution is 2.36. The summed E-state index contributed by atoms with van der Waals surface area (Å²) in [5.41, 5.74) is -0.638. The van der Waals surface area contributed by atoms with Crippen LogP contribution in [0.25, 0.3) is 22.3 Å². The van der Waals surface area contributed by atoms with Crippen LogP contribution in [0.4, 0.5) is 0 Å². The number of nitriles is 1. The number of benzene rings is 2. The summed E-state index contributed by atoms with van der Waals surface area (Å²) < 4.78 is 5.46. The average molecular weight is 311 g/mol. The summed E-state index contributed by atoms with van der Waals surface area (Å²) in [7, 11) is 0. The maximum absolute atomic E-state index is 12.1. The van der Waals surface area contributed by atoms with Crippen molar-refractivity contribution < 1.29 is 24.8 Å². The van der Waals surface area contributed by atoms with Crippen LogP contribution in [0, 0.1) is 11.3 Å². The van der Waals surface area contributed by atoms with Crippen molar-refractivity contribution in [1.29, 1.82) is 5.26 Å². The van der Waals surface area contributed by atoms with E-state index in [2.05, 4.69) is 0 Å². The van der Waals surface area contributed by atoms with Gasteiger partial charge < -0.3 is 24.8 Å². The fraction of sp³-hybridized carbons (Fsp3) is 0. The Balaban J connectivity index is 2.32. The van der Waals surface area contributed by atoms with Crippen molar-refractivity contribution in [1.82, 2.24) is 0 Å². The zero-order chi connectivity index (χ0) is 16.7. The van der Waals surface area contributed by atoms with Crippen LogP contribution in [0.5, 0.6) is 23.0 Å². The van der Waals surface area contributed by atoms with Crippen LogP contribution in [0.1, 0.15) is 5.56 Å². The summed E-state index contributed by atoms with van der Waals surface area (Å²) in [5, 5.41) is 47.2. The first-order valence-corrected chi connectivity index (χ1v) is 6.37. The second-order valence-corrected chi connectivity index (χ2v) is 4.82. The van der Waals surface area contributed by atoms with Gasteiger partial charge in [0, 0.05) is 23.8 Å². The lowest BCUT2D eigenvalue weighted by Crippen LogP contribution is -2.00. The molecule has 0 saturated heterocycles. The number of nitrogens with zero attached hydrogens (tertiary/aromatic N) is 1. The maximum Gasteiger partial charge on any atom is 0.197 e. The minimum Gasteiger partial charge on any atom is -0.508 e.